The zero-order valence-corrected chi connectivity index (χ0v) is 12.6. The van der Waals surface area contributed by atoms with Gasteiger partial charge in [0.2, 0.25) is 5.96 Å². The van der Waals surface area contributed by atoms with Crippen molar-refractivity contribution in [2.24, 2.45) is 27.2 Å². The Morgan fingerprint density at radius 2 is 1.46 bits per heavy atom. The Kier molecular flexibility index (Phi) is 5.24. The van der Waals surface area contributed by atoms with Crippen LogP contribution in [0.1, 0.15) is 20.7 Å². The average Bonchev–Trinajstić information content (AvgIpc) is 2.55. The molecule has 0 saturated heterocycles. The van der Waals surface area contributed by atoms with Crippen molar-refractivity contribution < 1.29 is 9.59 Å². The Labute approximate surface area is 138 Å². The second-order valence-corrected chi connectivity index (χ2v) is 4.71. The molecule has 0 aliphatic heterocycles. The lowest BCUT2D eigenvalue weighted by molar-refractivity contribution is 0.0974. The second kappa shape index (κ2) is 7.54. The maximum atomic E-state index is 11.9. The van der Waals surface area contributed by atoms with E-state index in [4.69, 9.17) is 17.2 Å². The van der Waals surface area contributed by atoms with Crippen molar-refractivity contribution in [2.75, 3.05) is 0 Å². The number of nitrogens with one attached hydrogen (secondary N) is 1. The zero-order valence-electron chi connectivity index (χ0n) is 12.6. The predicted octanol–water partition coefficient (Wildman–Crippen LogP) is 0.476. The highest BCUT2D eigenvalue weighted by atomic mass is 16.2. The van der Waals surface area contributed by atoms with Gasteiger partial charge in [0, 0.05) is 11.1 Å². The number of amides is 2. The number of nitrogens with zero attached hydrogens (tertiary/aromatic N) is 2. The largest absolute Gasteiger partial charge is 0.370 e. The van der Waals surface area contributed by atoms with E-state index >= 15 is 0 Å². The molecule has 2 amide bonds. The van der Waals surface area contributed by atoms with Crippen molar-refractivity contribution in [3.63, 3.8) is 0 Å². The van der Waals surface area contributed by atoms with E-state index in [1.54, 1.807) is 42.5 Å². The van der Waals surface area contributed by atoms with Gasteiger partial charge in [0.25, 0.3) is 11.8 Å². The van der Waals surface area contributed by atoms with Crippen LogP contribution in [0.25, 0.3) is 0 Å². The van der Waals surface area contributed by atoms with Gasteiger partial charge in [-0.3, -0.25) is 14.9 Å². The molecule has 8 heteroatoms. The van der Waals surface area contributed by atoms with Gasteiger partial charge in [-0.25, -0.2) is 4.99 Å². The van der Waals surface area contributed by atoms with E-state index in [1.165, 1.54) is 12.1 Å². The maximum absolute atomic E-state index is 11.9. The van der Waals surface area contributed by atoms with Crippen molar-refractivity contribution in [1.29, 1.82) is 0 Å². The smallest absolute Gasteiger partial charge is 0.280 e. The highest BCUT2D eigenvalue weighted by Gasteiger charge is 2.07. The molecule has 2 aromatic carbocycles. The molecule has 2 rings (SSSR count). The fourth-order valence-corrected chi connectivity index (χ4v) is 1.81. The SMILES string of the molecule is NC(N)=NC(=O)c1ccc(N=C(N)NC(=O)c2ccccc2)cc1. The third kappa shape index (κ3) is 4.67. The Balaban J connectivity index is 2.06. The molecule has 0 aliphatic carbocycles. The zero-order chi connectivity index (χ0) is 17.5. The number of rotatable bonds is 3. The Morgan fingerprint density at radius 3 is 2.04 bits per heavy atom. The molecule has 7 N–H and O–H groups in total. The van der Waals surface area contributed by atoms with Gasteiger partial charge < -0.3 is 17.2 Å². The summed E-state index contributed by atoms with van der Waals surface area (Å²) in [5, 5.41) is 2.48. The number of hydrogen-bond acceptors (Lipinski definition) is 3. The number of aliphatic imine (C=N–C) groups is 2. The van der Waals surface area contributed by atoms with Crippen LogP contribution < -0.4 is 22.5 Å². The van der Waals surface area contributed by atoms with Crippen molar-refractivity contribution in [1.82, 2.24) is 5.32 Å². The van der Waals surface area contributed by atoms with Crippen molar-refractivity contribution in [2.45, 2.75) is 0 Å². The highest BCUT2D eigenvalue weighted by molar-refractivity contribution is 6.06. The Bertz CT molecular complexity index is 793. The molecule has 0 unspecified atom stereocenters. The molecular weight excluding hydrogens is 308 g/mol. The van der Waals surface area contributed by atoms with Crippen LogP contribution in [0.2, 0.25) is 0 Å². The maximum Gasteiger partial charge on any atom is 0.280 e. The van der Waals surface area contributed by atoms with E-state index in [-0.39, 0.29) is 17.8 Å². The Morgan fingerprint density at radius 1 is 0.833 bits per heavy atom. The molecule has 24 heavy (non-hydrogen) atoms. The summed E-state index contributed by atoms with van der Waals surface area (Å²) in [6.45, 7) is 0. The fourth-order valence-electron chi connectivity index (χ4n) is 1.81. The molecule has 8 nitrogen and oxygen atoms in total. The lowest BCUT2D eigenvalue weighted by atomic mass is 10.2. The number of nitrogens with two attached hydrogens (primary N) is 3. The summed E-state index contributed by atoms with van der Waals surface area (Å²) in [7, 11) is 0. The molecule has 2 aromatic rings. The summed E-state index contributed by atoms with van der Waals surface area (Å²) < 4.78 is 0. The van der Waals surface area contributed by atoms with Crippen LogP contribution in [0, 0.1) is 0 Å². The lowest BCUT2D eigenvalue weighted by Crippen LogP contribution is -2.36. The lowest BCUT2D eigenvalue weighted by Gasteiger charge is -2.04. The van der Waals surface area contributed by atoms with E-state index < -0.39 is 5.91 Å². The Hall–Kier alpha value is -3.68. The molecular formula is C16H16N6O2. The van der Waals surface area contributed by atoms with E-state index in [0.29, 0.717) is 16.8 Å². The molecule has 0 bridgehead atoms. The number of guanidine groups is 2. The normalized spacial score (nSPS) is 10.8. The predicted molar refractivity (Wildman–Crippen MR) is 91.8 cm³/mol. The first-order chi connectivity index (χ1) is 11.5. The molecule has 0 aliphatic rings. The summed E-state index contributed by atoms with van der Waals surface area (Å²) in [6.07, 6.45) is 0. The summed E-state index contributed by atoms with van der Waals surface area (Å²) in [5.41, 5.74) is 17.2. The van der Waals surface area contributed by atoms with Crippen LogP contribution in [0.4, 0.5) is 5.69 Å². The van der Waals surface area contributed by atoms with Crippen LogP contribution in [0.3, 0.4) is 0 Å². The van der Waals surface area contributed by atoms with Crippen molar-refractivity contribution in [3.05, 3.63) is 65.7 Å². The van der Waals surface area contributed by atoms with E-state index in [1.807, 2.05) is 0 Å². The van der Waals surface area contributed by atoms with Gasteiger partial charge in [-0.15, -0.1) is 0 Å². The third-order valence-electron chi connectivity index (χ3n) is 2.87. The second-order valence-electron chi connectivity index (χ2n) is 4.71. The van der Waals surface area contributed by atoms with Gasteiger partial charge in [-0.05, 0) is 36.4 Å². The molecule has 122 valence electrons. The highest BCUT2D eigenvalue weighted by Crippen LogP contribution is 2.13. The summed E-state index contributed by atoms with van der Waals surface area (Å²) in [6, 6.07) is 14.7. The molecule has 0 spiro atoms. The summed E-state index contributed by atoms with van der Waals surface area (Å²) in [5.74, 6) is -1.30. The van der Waals surface area contributed by atoms with Crippen LogP contribution in [0.15, 0.2) is 64.6 Å². The first-order valence-corrected chi connectivity index (χ1v) is 6.90. The van der Waals surface area contributed by atoms with Crippen LogP contribution in [0.5, 0.6) is 0 Å². The van der Waals surface area contributed by atoms with E-state index in [0.717, 1.165) is 0 Å². The van der Waals surface area contributed by atoms with Gasteiger partial charge >= 0.3 is 0 Å². The summed E-state index contributed by atoms with van der Waals surface area (Å²) >= 11 is 0. The standard InChI is InChI=1S/C16H16N6O2/c17-15(18)21-13(23)11-6-8-12(9-7-11)20-16(19)22-14(24)10-4-2-1-3-5-10/h1-9H,(H4,17,18,21,23)(H3,19,20,22,24). The van der Waals surface area contributed by atoms with Gasteiger partial charge in [-0.2, -0.15) is 4.99 Å². The minimum atomic E-state index is -0.559. The first kappa shape index (κ1) is 16.7. The molecule has 0 fully saturated rings. The number of benzene rings is 2. The number of carbonyl (C=O) groups excluding carboxylic acids is 2. The van der Waals surface area contributed by atoms with E-state index in [9.17, 15) is 9.59 Å². The van der Waals surface area contributed by atoms with Crippen molar-refractivity contribution >= 4 is 29.4 Å². The fraction of sp³-hybridized carbons (Fsp3) is 0. The molecule has 0 aromatic heterocycles. The molecule has 0 saturated carbocycles. The van der Waals surface area contributed by atoms with Gasteiger partial charge in [0.15, 0.2) is 5.96 Å². The number of hydrogen-bond donors (Lipinski definition) is 4. The molecule has 0 atom stereocenters. The number of carbonyl (C=O) groups is 2. The van der Waals surface area contributed by atoms with Gasteiger partial charge in [0.1, 0.15) is 0 Å². The molecule has 0 radical (unpaired) electrons. The van der Waals surface area contributed by atoms with Crippen LogP contribution >= 0.6 is 0 Å². The minimum absolute atomic E-state index is 0.0628. The van der Waals surface area contributed by atoms with E-state index in [2.05, 4.69) is 15.3 Å². The quantitative estimate of drug-likeness (QED) is 0.478. The third-order valence-corrected chi connectivity index (χ3v) is 2.87. The van der Waals surface area contributed by atoms with Crippen molar-refractivity contribution in [3.8, 4) is 0 Å². The average molecular weight is 324 g/mol. The van der Waals surface area contributed by atoms with Crippen LogP contribution in [-0.2, 0) is 0 Å². The van der Waals surface area contributed by atoms with Gasteiger partial charge in [0.05, 0.1) is 5.69 Å². The van der Waals surface area contributed by atoms with Crippen LogP contribution in [-0.4, -0.2) is 23.7 Å². The first-order valence-electron chi connectivity index (χ1n) is 6.90. The summed E-state index contributed by atoms with van der Waals surface area (Å²) in [4.78, 5) is 31.0. The van der Waals surface area contributed by atoms with Gasteiger partial charge in [-0.1, -0.05) is 18.2 Å². The monoisotopic (exact) mass is 324 g/mol. The minimum Gasteiger partial charge on any atom is -0.370 e. The molecule has 0 heterocycles. The topological polar surface area (TPSA) is 149 Å².